The van der Waals surface area contributed by atoms with E-state index in [-0.39, 0.29) is 0 Å². The van der Waals surface area contributed by atoms with Crippen LogP contribution in [0.2, 0.25) is 0 Å². The molecule has 1 aromatic rings. The summed E-state index contributed by atoms with van der Waals surface area (Å²) >= 11 is 0. The summed E-state index contributed by atoms with van der Waals surface area (Å²) in [5, 5.41) is 0. The molecule has 2 nitrogen and oxygen atoms in total. The molecule has 1 aromatic heterocycles. The lowest BCUT2D eigenvalue weighted by molar-refractivity contribution is 0.822. The molecule has 0 bridgehead atoms. The lowest BCUT2D eigenvalue weighted by Crippen LogP contribution is -1.87. The molecule has 0 aliphatic carbocycles. The third-order valence-corrected chi connectivity index (χ3v) is 0.844. The Bertz CT molecular complexity index is 153. The smallest absolute Gasteiger partial charge is 0.108 e. The minimum Gasteiger partial charge on any atom is -0.333 e. The quantitative estimate of drug-likeness (QED) is 0.513. The highest BCUT2D eigenvalue weighted by atomic mass is 15.0. The van der Waals surface area contributed by atoms with Gasteiger partial charge in [-0.1, -0.05) is 6.08 Å². The molecule has 0 atom stereocenters. The van der Waals surface area contributed by atoms with E-state index in [0.29, 0.717) is 0 Å². The predicted molar refractivity (Wildman–Crippen MR) is 31.3 cm³/mol. The first-order chi connectivity index (χ1) is 3.93. The summed E-state index contributed by atoms with van der Waals surface area (Å²) in [6.07, 6.45) is 7.98. The molecule has 0 aromatic carbocycles. The van der Waals surface area contributed by atoms with Gasteiger partial charge in [0.15, 0.2) is 0 Å². The molecule has 1 radical (unpaired) electrons. The van der Waals surface area contributed by atoms with Crippen LogP contribution in [0.3, 0.4) is 0 Å². The molecule has 8 heavy (non-hydrogen) atoms. The molecule has 1 heterocycles. The fourth-order valence-corrected chi connectivity index (χ4v) is 0.497. The summed E-state index contributed by atoms with van der Waals surface area (Å²) in [6, 6.07) is 0. The van der Waals surface area contributed by atoms with Gasteiger partial charge in [0.05, 0.1) is 6.33 Å². The second kappa shape index (κ2) is 2.31. The van der Waals surface area contributed by atoms with Gasteiger partial charge < -0.3 is 4.57 Å². The topological polar surface area (TPSA) is 17.8 Å². The monoisotopic (exact) mass is 107 g/mol. The van der Waals surface area contributed by atoms with Crippen molar-refractivity contribution in [1.82, 2.24) is 9.55 Å². The zero-order valence-corrected chi connectivity index (χ0v) is 4.54. The Kier molecular flexibility index (Phi) is 1.47. The van der Waals surface area contributed by atoms with Crippen LogP contribution in [0.1, 0.15) is 0 Å². The first kappa shape index (κ1) is 5.09. The van der Waals surface area contributed by atoms with E-state index in [4.69, 9.17) is 0 Å². The molecule has 2 heteroatoms. The normalized spacial score (nSPS) is 9.00. The van der Waals surface area contributed by atoms with E-state index in [1.54, 1.807) is 12.5 Å². The van der Waals surface area contributed by atoms with Crippen molar-refractivity contribution >= 4 is 0 Å². The molecule has 0 aliphatic rings. The maximum absolute atomic E-state index is 3.73. The lowest BCUT2D eigenvalue weighted by atomic mass is 10.6. The van der Waals surface area contributed by atoms with Crippen molar-refractivity contribution in [3.05, 3.63) is 31.4 Å². The summed E-state index contributed by atoms with van der Waals surface area (Å²) in [5.41, 5.74) is 0. The van der Waals surface area contributed by atoms with E-state index < -0.39 is 0 Å². The second-order valence-corrected chi connectivity index (χ2v) is 1.49. The van der Waals surface area contributed by atoms with Gasteiger partial charge in [-0.2, -0.15) is 0 Å². The Morgan fingerprint density at radius 3 is 3.25 bits per heavy atom. The van der Waals surface area contributed by atoms with Crippen molar-refractivity contribution < 1.29 is 0 Å². The molecular formula is C6H7N2. The molecule has 0 fully saturated rings. The number of imidazole rings is 1. The molecule has 0 N–H and O–H groups in total. The van der Waals surface area contributed by atoms with Gasteiger partial charge in [-0.25, -0.2) is 4.98 Å². The van der Waals surface area contributed by atoms with Crippen LogP contribution in [0.15, 0.2) is 25.2 Å². The van der Waals surface area contributed by atoms with Crippen LogP contribution < -0.4 is 0 Å². The Hall–Kier alpha value is -1.05. The molecule has 0 unspecified atom stereocenters. The molecule has 41 valence electrons. The maximum Gasteiger partial charge on any atom is 0.108 e. The van der Waals surface area contributed by atoms with Gasteiger partial charge >= 0.3 is 0 Å². The van der Waals surface area contributed by atoms with Crippen LogP contribution in [0.5, 0.6) is 0 Å². The van der Waals surface area contributed by atoms with Crippen LogP contribution in [0, 0.1) is 6.20 Å². The molecule has 0 saturated heterocycles. The summed E-state index contributed by atoms with van der Waals surface area (Å²) < 4.78 is 1.90. The number of hydrogen-bond acceptors (Lipinski definition) is 1. The van der Waals surface area contributed by atoms with Crippen LogP contribution in [-0.4, -0.2) is 9.55 Å². The highest BCUT2D eigenvalue weighted by Crippen LogP contribution is 1.82. The van der Waals surface area contributed by atoms with Gasteiger partial charge in [0.1, 0.15) is 6.20 Å². The molecule has 0 aliphatic heterocycles. The fourth-order valence-electron chi connectivity index (χ4n) is 0.497. The van der Waals surface area contributed by atoms with Crippen molar-refractivity contribution in [3.63, 3.8) is 0 Å². The van der Waals surface area contributed by atoms with Gasteiger partial charge in [-0.15, -0.1) is 6.58 Å². The van der Waals surface area contributed by atoms with Gasteiger partial charge in [0.25, 0.3) is 0 Å². The number of aromatic nitrogens is 2. The minimum atomic E-state index is 0.816. The molecular weight excluding hydrogens is 100 g/mol. The van der Waals surface area contributed by atoms with E-state index >= 15 is 0 Å². The molecule has 1 rings (SSSR count). The third kappa shape index (κ3) is 0.964. The standard InChI is InChI=1S/C6H7N2/c1-2-4-8-5-3-7-6-8/h2,5-6H,1,4H2. The van der Waals surface area contributed by atoms with Gasteiger partial charge in [-0.3, -0.25) is 0 Å². The number of nitrogens with zero attached hydrogens (tertiary/aromatic N) is 2. The van der Waals surface area contributed by atoms with Crippen molar-refractivity contribution in [2.24, 2.45) is 0 Å². The Balaban J connectivity index is 2.62. The van der Waals surface area contributed by atoms with Crippen molar-refractivity contribution in [1.29, 1.82) is 0 Å². The Morgan fingerprint density at radius 2 is 2.75 bits per heavy atom. The lowest BCUT2D eigenvalue weighted by Gasteiger charge is -1.89. The average Bonchev–Trinajstić information content (AvgIpc) is 2.19. The number of allylic oxidation sites excluding steroid dienone is 1. The van der Waals surface area contributed by atoms with Crippen LogP contribution >= 0.6 is 0 Å². The largest absolute Gasteiger partial charge is 0.333 e. The Morgan fingerprint density at radius 1 is 1.88 bits per heavy atom. The maximum atomic E-state index is 3.73. The third-order valence-electron chi connectivity index (χ3n) is 0.844. The summed E-state index contributed by atoms with van der Waals surface area (Å²) in [6.45, 7) is 4.39. The number of hydrogen-bond donors (Lipinski definition) is 0. The number of rotatable bonds is 2. The predicted octanol–water partition coefficient (Wildman–Crippen LogP) is 0.869. The zero-order valence-electron chi connectivity index (χ0n) is 4.54. The van der Waals surface area contributed by atoms with Crippen LogP contribution in [-0.2, 0) is 6.54 Å². The SMILES string of the molecule is C=CCn1c[c]nc1. The molecule has 0 amide bonds. The summed E-state index contributed by atoms with van der Waals surface area (Å²) in [4.78, 5) is 3.73. The van der Waals surface area contributed by atoms with Gasteiger partial charge in [0, 0.05) is 12.7 Å². The highest BCUT2D eigenvalue weighted by Gasteiger charge is 1.80. The van der Waals surface area contributed by atoms with Crippen LogP contribution in [0.25, 0.3) is 0 Å². The van der Waals surface area contributed by atoms with Crippen molar-refractivity contribution in [2.45, 2.75) is 6.54 Å². The van der Waals surface area contributed by atoms with E-state index in [1.165, 1.54) is 0 Å². The van der Waals surface area contributed by atoms with Crippen LogP contribution in [0.4, 0.5) is 0 Å². The first-order valence-corrected chi connectivity index (χ1v) is 2.42. The molecule has 0 spiro atoms. The minimum absolute atomic E-state index is 0.816. The Labute approximate surface area is 48.5 Å². The summed E-state index contributed by atoms with van der Waals surface area (Å²) in [7, 11) is 0. The summed E-state index contributed by atoms with van der Waals surface area (Å²) in [5.74, 6) is 0. The van der Waals surface area contributed by atoms with E-state index in [0.717, 1.165) is 6.54 Å². The zero-order chi connectivity index (χ0) is 5.82. The second-order valence-electron chi connectivity index (χ2n) is 1.49. The van der Waals surface area contributed by atoms with Crippen molar-refractivity contribution in [3.8, 4) is 0 Å². The van der Waals surface area contributed by atoms with Gasteiger partial charge in [0.2, 0.25) is 0 Å². The first-order valence-electron chi connectivity index (χ1n) is 2.42. The average molecular weight is 107 g/mol. The van der Waals surface area contributed by atoms with Gasteiger partial charge in [-0.05, 0) is 0 Å². The van der Waals surface area contributed by atoms with E-state index in [9.17, 15) is 0 Å². The molecule has 0 saturated carbocycles. The van der Waals surface area contributed by atoms with E-state index in [1.807, 2.05) is 10.6 Å². The highest BCUT2D eigenvalue weighted by molar-refractivity contribution is 4.77. The van der Waals surface area contributed by atoms with Crippen molar-refractivity contribution in [2.75, 3.05) is 0 Å². The van der Waals surface area contributed by atoms with E-state index in [2.05, 4.69) is 17.8 Å². The fraction of sp³-hybridized carbons (Fsp3) is 0.167.